The molecule has 0 aliphatic heterocycles. The normalized spacial score (nSPS) is 15.1. The van der Waals surface area contributed by atoms with Crippen molar-refractivity contribution in [1.29, 1.82) is 0 Å². The van der Waals surface area contributed by atoms with E-state index in [0.717, 1.165) is 20.8 Å². The predicted octanol–water partition coefficient (Wildman–Crippen LogP) is 20.7. The van der Waals surface area contributed by atoms with Crippen LogP contribution in [0.1, 0.15) is 168 Å². The average Bonchev–Trinajstić information content (AvgIpc) is 3.15. The number of hydrogen-bond acceptors (Lipinski definition) is 0. The summed E-state index contributed by atoms with van der Waals surface area (Å²) < 4.78 is 395. The van der Waals surface area contributed by atoms with Gasteiger partial charge in [-0.05, 0) is 103 Å². The molecule has 3 aromatic rings. The molecule has 420 valence electrons. The molecule has 3 aromatic carbocycles. The molecule has 73 heavy (non-hydrogen) atoms. The summed E-state index contributed by atoms with van der Waals surface area (Å²) in [6.45, 7) is 7.57. The summed E-state index contributed by atoms with van der Waals surface area (Å²) in [6.07, 6.45) is -56.9. The SMILES string of the molecule is CCC(C)c1c(C(F)(F)F)c(C(F)(F)F)c(C)c(C(F)(F)F)c1C(F)(F)F.CCC(C)c1c(C(F)(F)F)cc(C)c(C(F)(F)F)c1C(F)(F)F.CCC(C)c1cc(C(F)(F)F)c(C)c(C(F)(F)F)c1C(F)(F)F. The first kappa shape index (κ1) is 66.6. The molecule has 0 heterocycles. The Hall–Kier alpha value is -4.44. The largest absolute Gasteiger partial charge is 0.417 e. The van der Waals surface area contributed by atoms with Gasteiger partial charge in [0, 0.05) is 0 Å². The minimum Gasteiger partial charge on any atom is -0.166 e. The zero-order valence-electron chi connectivity index (χ0n) is 38.3. The number of alkyl halides is 30. The van der Waals surface area contributed by atoms with E-state index in [1.54, 1.807) is 0 Å². The molecule has 3 atom stereocenters. The van der Waals surface area contributed by atoms with Gasteiger partial charge in [-0.15, -0.1) is 0 Å². The van der Waals surface area contributed by atoms with Gasteiger partial charge in [0.15, 0.2) is 0 Å². The van der Waals surface area contributed by atoms with E-state index in [2.05, 4.69) is 0 Å². The second-order valence-corrected chi connectivity index (χ2v) is 16.2. The van der Waals surface area contributed by atoms with Gasteiger partial charge in [-0.3, -0.25) is 0 Å². The van der Waals surface area contributed by atoms with Crippen LogP contribution in [0.2, 0.25) is 0 Å². The maximum atomic E-state index is 13.4. The van der Waals surface area contributed by atoms with E-state index in [1.807, 2.05) is 0 Å². The van der Waals surface area contributed by atoms with Gasteiger partial charge in [-0.25, -0.2) is 0 Å². The molecule has 0 saturated carbocycles. The minimum absolute atomic E-state index is 0.0409. The van der Waals surface area contributed by atoms with Crippen molar-refractivity contribution in [2.75, 3.05) is 0 Å². The van der Waals surface area contributed by atoms with Crippen LogP contribution in [0.25, 0.3) is 0 Å². The second-order valence-electron chi connectivity index (χ2n) is 16.2. The van der Waals surface area contributed by atoms with Crippen molar-refractivity contribution in [2.24, 2.45) is 0 Å². The highest BCUT2D eigenvalue weighted by molar-refractivity contribution is 5.58. The summed E-state index contributed by atoms with van der Waals surface area (Å²) in [5, 5.41) is 0. The van der Waals surface area contributed by atoms with E-state index in [0.29, 0.717) is 20.8 Å². The molecule has 0 aliphatic rings. The smallest absolute Gasteiger partial charge is 0.166 e. The highest BCUT2D eigenvalue weighted by Crippen LogP contribution is 2.56. The maximum Gasteiger partial charge on any atom is 0.417 e. The van der Waals surface area contributed by atoms with Gasteiger partial charge in [-0.1, -0.05) is 41.5 Å². The molecule has 0 aromatic heterocycles. The van der Waals surface area contributed by atoms with Gasteiger partial charge in [0.1, 0.15) is 0 Å². The van der Waals surface area contributed by atoms with Gasteiger partial charge < -0.3 is 0 Å². The third-order valence-corrected chi connectivity index (χ3v) is 11.2. The molecule has 0 radical (unpaired) electrons. The van der Waals surface area contributed by atoms with E-state index < -0.39 is 175 Å². The Morgan fingerprint density at radius 2 is 0.548 bits per heavy atom. The topological polar surface area (TPSA) is 0 Å². The van der Waals surface area contributed by atoms with Crippen molar-refractivity contribution in [3.63, 3.8) is 0 Å². The van der Waals surface area contributed by atoms with E-state index in [-0.39, 0.29) is 31.9 Å². The summed E-state index contributed by atoms with van der Waals surface area (Å²) in [5.41, 5.74) is -32.1. The standard InChI is InChI=1S/C15H12F12.2C14H13F9/c1-4-5(2)7-10(14(22,23)24)8(12(16,17)18)6(3)9(13(19,20)21)11(7)15(25,26)27;1-4-6(2)8-5-9(12(15,16)17)7(3)10(13(18,19)20)11(8)14(21,22)23;1-4-6(2)9-8(12(15,16)17)5-7(3)10(13(18,19)20)11(9)14(21,22)23/h5H,4H2,1-3H3;2*5-6H,4H2,1-3H3. The molecular weight excluding hydrogens is 1090 g/mol. The van der Waals surface area contributed by atoms with Crippen molar-refractivity contribution in [1.82, 2.24) is 0 Å². The third-order valence-electron chi connectivity index (χ3n) is 11.2. The molecule has 3 rings (SSSR count). The van der Waals surface area contributed by atoms with Crippen molar-refractivity contribution < 1.29 is 132 Å². The first-order valence-electron chi connectivity index (χ1n) is 20.3. The van der Waals surface area contributed by atoms with Gasteiger partial charge in [-0.2, -0.15) is 132 Å². The molecule has 0 saturated heterocycles. The van der Waals surface area contributed by atoms with Crippen LogP contribution in [0.5, 0.6) is 0 Å². The van der Waals surface area contributed by atoms with Crippen molar-refractivity contribution in [3.8, 4) is 0 Å². The Kier molecular flexibility index (Phi) is 19.8. The van der Waals surface area contributed by atoms with Crippen molar-refractivity contribution in [2.45, 2.75) is 161 Å². The van der Waals surface area contributed by atoms with Crippen LogP contribution in [-0.4, -0.2) is 0 Å². The van der Waals surface area contributed by atoms with E-state index in [4.69, 9.17) is 0 Å². The first-order chi connectivity index (χ1) is 32.0. The Bertz CT molecular complexity index is 2330. The highest BCUT2D eigenvalue weighted by atomic mass is 19.4. The van der Waals surface area contributed by atoms with Gasteiger partial charge in [0.05, 0.1) is 55.6 Å². The Labute approximate surface area is 394 Å². The molecule has 0 bridgehead atoms. The predicted molar refractivity (Wildman–Crippen MR) is 200 cm³/mol. The number of rotatable bonds is 6. The summed E-state index contributed by atoms with van der Waals surface area (Å²) in [6, 6.07) is 0.321. The van der Waals surface area contributed by atoms with Crippen LogP contribution in [0.4, 0.5) is 132 Å². The quantitative estimate of drug-likeness (QED) is 0.216. The molecule has 0 aliphatic carbocycles. The van der Waals surface area contributed by atoms with Gasteiger partial charge >= 0.3 is 61.8 Å². The molecule has 0 spiro atoms. The highest BCUT2D eigenvalue weighted by Gasteiger charge is 2.56. The molecular formula is C43H38F30. The third kappa shape index (κ3) is 15.3. The number of halogens is 30. The fourth-order valence-electron chi connectivity index (χ4n) is 7.70. The molecule has 0 amide bonds. The minimum atomic E-state index is -5.96. The summed E-state index contributed by atoms with van der Waals surface area (Å²) in [4.78, 5) is 0. The van der Waals surface area contributed by atoms with Crippen LogP contribution < -0.4 is 0 Å². The van der Waals surface area contributed by atoms with E-state index in [1.165, 1.54) is 13.8 Å². The van der Waals surface area contributed by atoms with Crippen molar-refractivity contribution in [3.05, 3.63) is 101 Å². The Morgan fingerprint density at radius 1 is 0.288 bits per heavy atom. The van der Waals surface area contributed by atoms with E-state index >= 15 is 0 Å². The molecule has 0 N–H and O–H groups in total. The average molecular weight is 1120 g/mol. The van der Waals surface area contributed by atoms with Crippen LogP contribution >= 0.6 is 0 Å². The lowest BCUT2D eigenvalue weighted by atomic mass is 9.80. The monoisotopic (exact) mass is 1120 g/mol. The lowest BCUT2D eigenvalue weighted by Gasteiger charge is -2.31. The summed E-state index contributed by atoms with van der Waals surface area (Å²) in [5.74, 6) is -4.33. The number of benzene rings is 3. The molecule has 0 fully saturated rings. The van der Waals surface area contributed by atoms with Gasteiger partial charge in [0.2, 0.25) is 0 Å². The Balaban J connectivity index is 0.000000550. The summed E-state index contributed by atoms with van der Waals surface area (Å²) >= 11 is 0. The number of hydrogen-bond donors (Lipinski definition) is 0. The molecule has 30 heteroatoms. The van der Waals surface area contributed by atoms with Crippen LogP contribution in [0.15, 0.2) is 12.1 Å². The zero-order valence-corrected chi connectivity index (χ0v) is 38.3. The fraction of sp³-hybridized carbons (Fsp3) is 0.581. The first-order valence-corrected chi connectivity index (χ1v) is 20.3. The lowest BCUT2D eigenvalue weighted by Crippen LogP contribution is -2.30. The zero-order chi connectivity index (χ0) is 58.5. The van der Waals surface area contributed by atoms with Crippen LogP contribution in [0.3, 0.4) is 0 Å². The van der Waals surface area contributed by atoms with Gasteiger partial charge in [0.25, 0.3) is 0 Å². The lowest BCUT2D eigenvalue weighted by molar-refractivity contribution is -0.172. The van der Waals surface area contributed by atoms with E-state index in [9.17, 15) is 132 Å². The van der Waals surface area contributed by atoms with Crippen molar-refractivity contribution >= 4 is 0 Å². The Morgan fingerprint density at radius 3 is 0.808 bits per heavy atom. The second kappa shape index (κ2) is 21.7. The number of aryl methyl sites for hydroxylation is 1. The maximum absolute atomic E-state index is 13.4. The van der Waals surface area contributed by atoms with Crippen LogP contribution in [0, 0.1) is 20.8 Å². The summed E-state index contributed by atoms with van der Waals surface area (Å²) in [7, 11) is 0. The van der Waals surface area contributed by atoms with Crippen LogP contribution in [-0.2, 0) is 61.8 Å². The molecule has 0 nitrogen and oxygen atoms in total. The molecule has 3 unspecified atom stereocenters. The fourth-order valence-corrected chi connectivity index (χ4v) is 7.70.